The Morgan fingerprint density at radius 1 is 1.04 bits per heavy atom. The third-order valence-corrected chi connectivity index (χ3v) is 4.17. The molecule has 2 aromatic heterocycles. The van der Waals surface area contributed by atoms with Gasteiger partial charge in [0.15, 0.2) is 0 Å². The number of pyridine rings is 1. The van der Waals surface area contributed by atoms with E-state index in [1.54, 1.807) is 12.3 Å². The lowest BCUT2D eigenvalue weighted by atomic mass is 10.1. The van der Waals surface area contributed by atoms with E-state index in [1.807, 2.05) is 36.4 Å². The quantitative estimate of drug-likeness (QED) is 0.530. The van der Waals surface area contributed by atoms with Crippen molar-refractivity contribution in [3.05, 3.63) is 59.1 Å². The van der Waals surface area contributed by atoms with Gasteiger partial charge in [-0.15, -0.1) is 0 Å². The van der Waals surface area contributed by atoms with Crippen molar-refractivity contribution in [2.75, 3.05) is 6.61 Å². The zero-order valence-electron chi connectivity index (χ0n) is 14.5. The number of rotatable bonds is 8. The summed E-state index contributed by atoms with van der Waals surface area (Å²) in [7, 11) is 0. The first-order chi connectivity index (χ1) is 12.3. The van der Waals surface area contributed by atoms with Gasteiger partial charge >= 0.3 is 5.63 Å². The SMILES string of the molecule is CCCCCCCOc1cc2oc(=O)c(-c3ccccc3)cc2cn1. The van der Waals surface area contributed by atoms with E-state index in [4.69, 9.17) is 9.15 Å². The molecule has 0 aliphatic rings. The van der Waals surface area contributed by atoms with E-state index in [0.29, 0.717) is 23.6 Å². The minimum Gasteiger partial charge on any atom is -0.478 e. The number of benzene rings is 1. The Kier molecular flexibility index (Phi) is 5.83. The Labute approximate surface area is 147 Å². The molecule has 25 heavy (non-hydrogen) atoms. The summed E-state index contributed by atoms with van der Waals surface area (Å²) >= 11 is 0. The van der Waals surface area contributed by atoms with E-state index in [0.717, 1.165) is 23.8 Å². The normalized spacial score (nSPS) is 10.9. The van der Waals surface area contributed by atoms with E-state index < -0.39 is 0 Å². The fourth-order valence-electron chi connectivity index (χ4n) is 2.78. The Morgan fingerprint density at radius 3 is 2.64 bits per heavy atom. The molecule has 0 bridgehead atoms. The molecular formula is C21H23NO3. The van der Waals surface area contributed by atoms with Crippen molar-refractivity contribution in [2.45, 2.75) is 39.0 Å². The smallest absolute Gasteiger partial charge is 0.344 e. The summed E-state index contributed by atoms with van der Waals surface area (Å²) in [4.78, 5) is 16.6. The molecule has 0 saturated heterocycles. The molecule has 0 aliphatic heterocycles. The van der Waals surface area contributed by atoms with Crippen molar-refractivity contribution in [1.29, 1.82) is 0 Å². The summed E-state index contributed by atoms with van der Waals surface area (Å²) in [6.07, 6.45) is 7.60. The van der Waals surface area contributed by atoms with Gasteiger partial charge in [0.25, 0.3) is 0 Å². The van der Waals surface area contributed by atoms with Crippen LogP contribution < -0.4 is 10.4 Å². The van der Waals surface area contributed by atoms with Crippen LogP contribution in [-0.2, 0) is 0 Å². The molecule has 0 aliphatic carbocycles. The van der Waals surface area contributed by atoms with Crippen molar-refractivity contribution < 1.29 is 9.15 Å². The highest BCUT2D eigenvalue weighted by atomic mass is 16.5. The van der Waals surface area contributed by atoms with Gasteiger partial charge in [-0.05, 0) is 18.1 Å². The number of aromatic nitrogens is 1. The van der Waals surface area contributed by atoms with E-state index in [9.17, 15) is 4.79 Å². The van der Waals surface area contributed by atoms with Gasteiger partial charge in [-0.1, -0.05) is 62.9 Å². The summed E-state index contributed by atoms with van der Waals surface area (Å²) in [6.45, 7) is 2.83. The summed E-state index contributed by atoms with van der Waals surface area (Å²) in [6, 6.07) is 13.0. The van der Waals surface area contributed by atoms with Crippen LogP contribution in [0.25, 0.3) is 22.1 Å². The number of hydrogen-bond acceptors (Lipinski definition) is 4. The summed E-state index contributed by atoms with van der Waals surface area (Å²) in [5.41, 5.74) is 1.53. The Hall–Kier alpha value is -2.62. The molecule has 0 amide bonds. The molecule has 0 N–H and O–H groups in total. The molecule has 0 spiro atoms. The van der Waals surface area contributed by atoms with E-state index >= 15 is 0 Å². The monoisotopic (exact) mass is 337 g/mol. The first kappa shape index (κ1) is 17.2. The molecule has 0 unspecified atom stereocenters. The van der Waals surface area contributed by atoms with Crippen molar-refractivity contribution in [3.8, 4) is 17.0 Å². The third kappa shape index (κ3) is 4.47. The molecule has 4 heteroatoms. The standard InChI is InChI=1S/C21H23NO3/c1-2-3-4-5-9-12-24-20-14-19-17(15-22-20)13-18(21(23)25-19)16-10-7-6-8-11-16/h6-8,10-11,13-15H,2-5,9,12H2,1H3. The van der Waals surface area contributed by atoms with Crippen LogP contribution in [0.3, 0.4) is 0 Å². The lowest BCUT2D eigenvalue weighted by Gasteiger charge is -2.06. The van der Waals surface area contributed by atoms with Gasteiger partial charge in [0.05, 0.1) is 12.2 Å². The molecular weight excluding hydrogens is 314 g/mol. The second-order valence-corrected chi connectivity index (χ2v) is 6.14. The lowest BCUT2D eigenvalue weighted by molar-refractivity contribution is 0.293. The Balaban J connectivity index is 1.72. The van der Waals surface area contributed by atoms with Crippen LogP contribution in [0, 0.1) is 0 Å². The largest absolute Gasteiger partial charge is 0.478 e. The second kappa shape index (κ2) is 8.47. The average Bonchev–Trinajstić information content (AvgIpc) is 2.64. The van der Waals surface area contributed by atoms with Gasteiger partial charge in [0.1, 0.15) is 5.58 Å². The van der Waals surface area contributed by atoms with Crippen LogP contribution in [0.2, 0.25) is 0 Å². The molecule has 0 radical (unpaired) electrons. The van der Waals surface area contributed by atoms with Crippen molar-refractivity contribution >= 4 is 11.0 Å². The van der Waals surface area contributed by atoms with Gasteiger partial charge in [-0.3, -0.25) is 0 Å². The number of nitrogens with zero attached hydrogens (tertiary/aromatic N) is 1. The topological polar surface area (TPSA) is 52.3 Å². The molecule has 2 heterocycles. The molecule has 3 aromatic rings. The van der Waals surface area contributed by atoms with Gasteiger partial charge in [0.2, 0.25) is 5.88 Å². The van der Waals surface area contributed by atoms with Crippen LogP contribution in [-0.4, -0.2) is 11.6 Å². The zero-order chi connectivity index (χ0) is 17.5. The van der Waals surface area contributed by atoms with Gasteiger partial charge in [0, 0.05) is 17.6 Å². The molecule has 4 nitrogen and oxygen atoms in total. The Morgan fingerprint density at radius 2 is 1.84 bits per heavy atom. The zero-order valence-corrected chi connectivity index (χ0v) is 14.5. The van der Waals surface area contributed by atoms with E-state index in [1.165, 1.54) is 19.3 Å². The predicted octanol–water partition coefficient (Wildman–Crippen LogP) is 5.20. The number of fused-ring (bicyclic) bond motifs is 1. The first-order valence-corrected chi connectivity index (χ1v) is 8.90. The summed E-state index contributed by atoms with van der Waals surface area (Å²) < 4.78 is 11.1. The first-order valence-electron chi connectivity index (χ1n) is 8.90. The molecule has 1 aromatic carbocycles. The molecule has 3 rings (SSSR count). The van der Waals surface area contributed by atoms with Crippen LogP contribution >= 0.6 is 0 Å². The molecule has 0 atom stereocenters. The van der Waals surface area contributed by atoms with Crippen molar-refractivity contribution in [3.63, 3.8) is 0 Å². The van der Waals surface area contributed by atoms with Gasteiger partial charge in [-0.2, -0.15) is 0 Å². The van der Waals surface area contributed by atoms with Gasteiger partial charge < -0.3 is 9.15 Å². The van der Waals surface area contributed by atoms with E-state index in [2.05, 4.69) is 11.9 Å². The predicted molar refractivity (Wildman–Crippen MR) is 100.0 cm³/mol. The Bertz CT molecular complexity index is 871. The third-order valence-electron chi connectivity index (χ3n) is 4.17. The number of unbranched alkanes of at least 4 members (excludes halogenated alkanes) is 4. The van der Waals surface area contributed by atoms with Crippen LogP contribution in [0.1, 0.15) is 39.0 Å². The average molecular weight is 337 g/mol. The van der Waals surface area contributed by atoms with Crippen LogP contribution in [0.5, 0.6) is 5.88 Å². The lowest BCUT2D eigenvalue weighted by Crippen LogP contribution is -2.03. The highest BCUT2D eigenvalue weighted by molar-refractivity contribution is 5.81. The highest BCUT2D eigenvalue weighted by Crippen LogP contribution is 2.22. The minimum atomic E-state index is -0.351. The van der Waals surface area contributed by atoms with Crippen molar-refractivity contribution in [2.24, 2.45) is 0 Å². The fourth-order valence-corrected chi connectivity index (χ4v) is 2.78. The second-order valence-electron chi connectivity index (χ2n) is 6.14. The van der Waals surface area contributed by atoms with Gasteiger partial charge in [-0.25, -0.2) is 9.78 Å². The summed E-state index contributed by atoms with van der Waals surface area (Å²) in [5, 5.41) is 0.786. The maximum absolute atomic E-state index is 12.3. The van der Waals surface area contributed by atoms with E-state index in [-0.39, 0.29) is 5.63 Å². The fraction of sp³-hybridized carbons (Fsp3) is 0.333. The van der Waals surface area contributed by atoms with Crippen LogP contribution in [0.4, 0.5) is 0 Å². The molecule has 0 saturated carbocycles. The summed E-state index contributed by atoms with van der Waals surface area (Å²) in [5.74, 6) is 0.499. The minimum absolute atomic E-state index is 0.351. The highest BCUT2D eigenvalue weighted by Gasteiger charge is 2.09. The maximum Gasteiger partial charge on any atom is 0.344 e. The van der Waals surface area contributed by atoms with Crippen LogP contribution in [0.15, 0.2) is 57.9 Å². The van der Waals surface area contributed by atoms with Crippen molar-refractivity contribution in [1.82, 2.24) is 4.98 Å². The number of ether oxygens (including phenoxy) is 1. The molecule has 130 valence electrons. The number of hydrogen-bond donors (Lipinski definition) is 0. The molecule has 0 fully saturated rings. The maximum atomic E-state index is 12.3.